The molecule has 0 saturated carbocycles. The maximum atomic E-state index is 5.40. The van der Waals surface area contributed by atoms with Crippen LogP contribution in [0.5, 0.6) is 0 Å². The monoisotopic (exact) mass is 374 g/mol. The molecule has 1 fully saturated rings. The van der Waals surface area contributed by atoms with Crippen molar-refractivity contribution in [3.8, 4) is 0 Å². The molecule has 7 heteroatoms. The zero-order valence-electron chi connectivity index (χ0n) is 14.2. The Bertz CT molecular complexity index is 711. The van der Waals surface area contributed by atoms with Crippen LogP contribution in [0, 0.1) is 0 Å². The van der Waals surface area contributed by atoms with Gasteiger partial charge in [-0.3, -0.25) is 0 Å². The number of hydrogen-bond donors (Lipinski definition) is 1. The molecule has 0 unspecified atom stereocenters. The number of nitrogens with one attached hydrogen (secondary N) is 1. The van der Waals surface area contributed by atoms with Gasteiger partial charge in [0, 0.05) is 31.6 Å². The lowest BCUT2D eigenvalue weighted by molar-refractivity contribution is 0.123. The van der Waals surface area contributed by atoms with Crippen molar-refractivity contribution in [2.75, 3.05) is 38.3 Å². The SMILES string of the molecule is CN(/N=C\c1ccc(N2CCOCC2)s1)C(=S)NCc1ccccc1. The summed E-state index contributed by atoms with van der Waals surface area (Å²) in [5.41, 5.74) is 1.19. The van der Waals surface area contributed by atoms with Gasteiger partial charge >= 0.3 is 0 Å². The van der Waals surface area contributed by atoms with E-state index in [4.69, 9.17) is 17.0 Å². The molecule has 1 aromatic heterocycles. The van der Waals surface area contributed by atoms with Crippen molar-refractivity contribution in [2.45, 2.75) is 6.54 Å². The molecule has 0 spiro atoms. The zero-order valence-corrected chi connectivity index (χ0v) is 15.9. The first-order chi connectivity index (χ1) is 12.2. The van der Waals surface area contributed by atoms with E-state index >= 15 is 0 Å². The fourth-order valence-electron chi connectivity index (χ4n) is 2.45. The first kappa shape index (κ1) is 17.8. The minimum Gasteiger partial charge on any atom is -0.378 e. The molecule has 1 aromatic carbocycles. The summed E-state index contributed by atoms with van der Waals surface area (Å²) in [4.78, 5) is 3.46. The Morgan fingerprint density at radius 2 is 2.04 bits per heavy atom. The Balaban J connectivity index is 1.50. The van der Waals surface area contributed by atoms with Gasteiger partial charge in [-0.05, 0) is 29.9 Å². The number of benzene rings is 1. The zero-order chi connectivity index (χ0) is 17.5. The van der Waals surface area contributed by atoms with Crippen LogP contribution < -0.4 is 10.2 Å². The fraction of sp³-hybridized carbons (Fsp3) is 0.333. The molecular formula is C18H22N4OS2. The van der Waals surface area contributed by atoms with Crippen LogP contribution in [-0.4, -0.2) is 49.7 Å². The lowest BCUT2D eigenvalue weighted by Gasteiger charge is -2.27. The van der Waals surface area contributed by atoms with E-state index in [-0.39, 0.29) is 0 Å². The van der Waals surface area contributed by atoms with Gasteiger partial charge < -0.3 is 15.0 Å². The molecule has 0 radical (unpaired) electrons. The first-order valence-corrected chi connectivity index (χ1v) is 9.47. The second-order valence-corrected chi connectivity index (χ2v) is 7.17. The number of thiophene rings is 1. The van der Waals surface area contributed by atoms with E-state index in [0.717, 1.165) is 31.2 Å². The highest BCUT2D eigenvalue weighted by molar-refractivity contribution is 7.80. The van der Waals surface area contributed by atoms with Crippen molar-refractivity contribution in [1.82, 2.24) is 10.3 Å². The quantitative estimate of drug-likeness (QED) is 0.495. The minimum atomic E-state index is 0.602. The third kappa shape index (κ3) is 5.26. The van der Waals surface area contributed by atoms with Crippen LogP contribution >= 0.6 is 23.6 Å². The van der Waals surface area contributed by atoms with Gasteiger partial charge in [0.15, 0.2) is 5.11 Å². The molecule has 0 atom stereocenters. The number of hydrazone groups is 1. The van der Waals surface area contributed by atoms with Crippen LogP contribution in [0.15, 0.2) is 47.6 Å². The van der Waals surface area contributed by atoms with Crippen LogP contribution in [0.25, 0.3) is 0 Å². The maximum Gasteiger partial charge on any atom is 0.189 e. The van der Waals surface area contributed by atoms with Crippen LogP contribution in [0.4, 0.5) is 5.00 Å². The van der Waals surface area contributed by atoms with E-state index in [1.54, 1.807) is 16.3 Å². The lowest BCUT2D eigenvalue weighted by Crippen LogP contribution is -2.35. The second-order valence-electron chi connectivity index (χ2n) is 5.69. The Labute approximate surface area is 157 Å². The van der Waals surface area contributed by atoms with E-state index in [1.807, 2.05) is 31.5 Å². The smallest absolute Gasteiger partial charge is 0.189 e. The van der Waals surface area contributed by atoms with Crippen LogP contribution in [0.2, 0.25) is 0 Å². The highest BCUT2D eigenvalue weighted by Gasteiger charge is 2.12. The van der Waals surface area contributed by atoms with E-state index in [9.17, 15) is 0 Å². The van der Waals surface area contributed by atoms with Gasteiger partial charge in [-0.1, -0.05) is 30.3 Å². The molecule has 5 nitrogen and oxygen atoms in total. The second kappa shape index (κ2) is 8.94. The van der Waals surface area contributed by atoms with E-state index in [0.29, 0.717) is 11.7 Å². The van der Waals surface area contributed by atoms with Crippen LogP contribution in [-0.2, 0) is 11.3 Å². The average Bonchev–Trinajstić information content (AvgIpc) is 3.15. The summed E-state index contributed by atoms with van der Waals surface area (Å²) in [6.07, 6.45) is 1.85. The van der Waals surface area contributed by atoms with Crippen LogP contribution in [0.1, 0.15) is 10.4 Å². The Morgan fingerprint density at radius 3 is 2.80 bits per heavy atom. The largest absolute Gasteiger partial charge is 0.378 e. The summed E-state index contributed by atoms with van der Waals surface area (Å²) in [6.45, 7) is 4.19. The molecular weight excluding hydrogens is 352 g/mol. The molecule has 1 saturated heterocycles. The predicted molar refractivity (Wildman–Crippen MR) is 109 cm³/mol. The molecule has 0 bridgehead atoms. The third-order valence-electron chi connectivity index (χ3n) is 3.87. The van der Waals surface area contributed by atoms with E-state index < -0.39 is 0 Å². The molecule has 2 heterocycles. The number of thiocarbonyl (C=S) groups is 1. The molecule has 132 valence electrons. The molecule has 1 aliphatic rings. The topological polar surface area (TPSA) is 40.1 Å². The number of rotatable bonds is 5. The molecule has 0 amide bonds. The average molecular weight is 375 g/mol. The van der Waals surface area contributed by atoms with Crippen molar-refractivity contribution in [1.29, 1.82) is 0 Å². The standard InChI is InChI=1S/C18H22N4OS2/c1-21(18(24)19-13-15-5-3-2-4-6-15)20-14-16-7-8-17(25-16)22-9-11-23-12-10-22/h2-8,14H,9-13H2,1H3,(H,19,24)/b20-14-. The summed E-state index contributed by atoms with van der Waals surface area (Å²) < 4.78 is 5.40. The van der Waals surface area contributed by atoms with E-state index in [2.05, 4.69) is 39.6 Å². The van der Waals surface area contributed by atoms with Gasteiger partial charge in [-0.25, -0.2) is 5.01 Å². The Morgan fingerprint density at radius 1 is 1.28 bits per heavy atom. The predicted octanol–water partition coefficient (Wildman–Crippen LogP) is 2.93. The molecule has 25 heavy (non-hydrogen) atoms. The number of nitrogens with zero attached hydrogens (tertiary/aromatic N) is 3. The highest BCUT2D eigenvalue weighted by atomic mass is 32.1. The van der Waals surface area contributed by atoms with Crippen molar-refractivity contribution < 1.29 is 4.74 Å². The van der Waals surface area contributed by atoms with Gasteiger partial charge in [-0.15, -0.1) is 11.3 Å². The van der Waals surface area contributed by atoms with Crippen molar-refractivity contribution in [3.05, 3.63) is 52.9 Å². The molecule has 1 aliphatic heterocycles. The number of hydrogen-bond acceptors (Lipinski definition) is 5. The maximum absolute atomic E-state index is 5.40. The Hall–Kier alpha value is -1.96. The summed E-state index contributed by atoms with van der Waals surface area (Å²) in [7, 11) is 1.85. The lowest BCUT2D eigenvalue weighted by atomic mass is 10.2. The summed E-state index contributed by atoms with van der Waals surface area (Å²) in [6, 6.07) is 14.4. The highest BCUT2D eigenvalue weighted by Crippen LogP contribution is 2.25. The van der Waals surface area contributed by atoms with Gasteiger partial charge in [0.2, 0.25) is 0 Å². The van der Waals surface area contributed by atoms with Gasteiger partial charge in [-0.2, -0.15) is 5.10 Å². The van der Waals surface area contributed by atoms with Gasteiger partial charge in [0.1, 0.15) is 0 Å². The normalized spacial score (nSPS) is 14.7. The Kier molecular flexibility index (Phi) is 6.38. The molecule has 0 aliphatic carbocycles. The number of ether oxygens (including phenoxy) is 1. The summed E-state index contributed by atoms with van der Waals surface area (Å²) in [5.74, 6) is 0. The van der Waals surface area contributed by atoms with Gasteiger partial charge in [0.25, 0.3) is 0 Å². The van der Waals surface area contributed by atoms with Crippen molar-refractivity contribution >= 4 is 39.9 Å². The van der Waals surface area contributed by atoms with Crippen molar-refractivity contribution in [3.63, 3.8) is 0 Å². The summed E-state index contributed by atoms with van der Waals surface area (Å²) in [5, 5.41) is 11.2. The number of anilines is 1. The summed E-state index contributed by atoms with van der Waals surface area (Å²) >= 11 is 7.12. The van der Waals surface area contributed by atoms with E-state index in [1.165, 1.54) is 10.6 Å². The fourth-order valence-corrected chi connectivity index (χ4v) is 3.49. The first-order valence-electron chi connectivity index (χ1n) is 8.24. The molecule has 1 N–H and O–H groups in total. The minimum absolute atomic E-state index is 0.602. The molecule has 2 aromatic rings. The van der Waals surface area contributed by atoms with Gasteiger partial charge in [0.05, 0.1) is 24.4 Å². The molecule has 3 rings (SSSR count). The number of morpholine rings is 1. The van der Waals surface area contributed by atoms with Crippen molar-refractivity contribution in [2.24, 2.45) is 5.10 Å². The van der Waals surface area contributed by atoms with Crippen LogP contribution in [0.3, 0.4) is 0 Å². The third-order valence-corrected chi connectivity index (χ3v) is 5.36.